The Morgan fingerprint density at radius 3 is 2.32 bits per heavy atom. The number of aromatic nitrogens is 2. The van der Waals surface area contributed by atoms with Crippen LogP contribution in [0, 0.1) is 27.7 Å². The smallest absolute Gasteiger partial charge is 0.174 e. The van der Waals surface area contributed by atoms with Gasteiger partial charge in [-0.1, -0.05) is 39.7 Å². The van der Waals surface area contributed by atoms with Crippen LogP contribution in [0.25, 0.3) is 5.69 Å². The summed E-state index contributed by atoms with van der Waals surface area (Å²) in [7, 11) is 0. The molecule has 2 aromatic carbocycles. The first kappa shape index (κ1) is 22.8. The highest BCUT2D eigenvalue weighted by atomic mass is 79.9. The van der Waals surface area contributed by atoms with Gasteiger partial charge in [0.2, 0.25) is 0 Å². The molecule has 0 amide bonds. The van der Waals surface area contributed by atoms with Crippen LogP contribution in [0.2, 0.25) is 0 Å². The van der Waals surface area contributed by atoms with E-state index in [1.165, 1.54) is 33.8 Å². The van der Waals surface area contributed by atoms with Gasteiger partial charge in [0, 0.05) is 33.4 Å². The largest absolute Gasteiger partial charge is 0.351 e. The lowest BCUT2D eigenvalue weighted by atomic mass is 9.96. The van der Waals surface area contributed by atoms with Crippen molar-refractivity contribution >= 4 is 38.9 Å². The highest BCUT2D eigenvalue weighted by Gasteiger charge is 2.42. The second kappa shape index (κ2) is 9.01. The molecule has 0 bridgehead atoms. The average molecular weight is 532 g/mol. The fourth-order valence-corrected chi connectivity index (χ4v) is 5.50. The minimum atomic E-state index is -0.0652. The molecule has 0 unspecified atom stereocenters. The summed E-state index contributed by atoms with van der Waals surface area (Å²) in [5, 5.41) is 4.29. The number of pyridine rings is 1. The number of hydrogen-bond donors (Lipinski definition) is 1. The number of hydrogen-bond acceptors (Lipinski definition) is 2. The topological polar surface area (TPSA) is 33.1 Å². The molecule has 5 rings (SSSR count). The zero-order valence-electron chi connectivity index (χ0n) is 19.7. The van der Waals surface area contributed by atoms with Crippen molar-refractivity contribution < 1.29 is 0 Å². The lowest BCUT2D eigenvalue weighted by Crippen LogP contribution is -2.29. The van der Waals surface area contributed by atoms with Crippen molar-refractivity contribution in [2.75, 3.05) is 4.90 Å². The Morgan fingerprint density at radius 1 is 0.912 bits per heavy atom. The quantitative estimate of drug-likeness (QED) is 0.286. The van der Waals surface area contributed by atoms with Gasteiger partial charge in [-0.2, -0.15) is 0 Å². The lowest BCUT2D eigenvalue weighted by molar-refractivity contribution is 0.565. The van der Waals surface area contributed by atoms with Crippen molar-refractivity contribution in [1.82, 2.24) is 14.9 Å². The molecule has 0 aliphatic carbocycles. The number of nitrogens with one attached hydrogen (secondary N) is 1. The third-order valence-electron chi connectivity index (χ3n) is 6.60. The van der Waals surface area contributed by atoms with Gasteiger partial charge < -0.3 is 14.8 Å². The molecule has 1 N–H and O–H groups in total. The van der Waals surface area contributed by atoms with Gasteiger partial charge in [0.1, 0.15) is 0 Å². The van der Waals surface area contributed by atoms with Crippen molar-refractivity contribution in [2.24, 2.45) is 0 Å². The van der Waals surface area contributed by atoms with Crippen LogP contribution in [0.3, 0.4) is 0 Å². The van der Waals surface area contributed by atoms with Crippen LogP contribution in [-0.2, 0) is 0 Å². The third kappa shape index (κ3) is 3.95. The number of thiocarbonyl (C=S) groups is 1. The maximum absolute atomic E-state index is 5.91. The molecular formula is C28H27BrN4S. The fourth-order valence-electron chi connectivity index (χ4n) is 4.91. The Kier molecular flexibility index (Phi) is 6.04. The van der Waals surface area contributed by atoms with Gasteiger partial charge in [0.05, 0.1) is 17.8 Å². The molecule has 1 saturated heterocycles. The second-order valence-electron chi connectivity index (χ2n) is 8.93. The molecule has 0 spiro atoms. The van der Waals surface area contributed by atoms with E-state index in [2.05, 4.69) is 113 Å². The molecule has 0 radical (unpaired) electrons. The number of nitrogens with zero attached hydrogens (tertiary/aromatic N) is 3. The van der Waals surface area contributed by atoms with Crippen molar-refractivity contribution in [3.63, 3.8) is 0 Å². The lowest BCUT2D eigenvalue weighted by Gasteiger charge is -2.28. The van der Waals surface area contributed by atoms with Gasteiger partial charge in [-0.05, 0) is 99.6 Å². The molecular weight excluding hydrogens is 504 g/mol. The minimum Gasteiger partial charge on any atom is -0.351 e. The number of rotatable bonds is 4. The molecule has 6 heteroatoms. The van der Waals surface area contributed by atoms with Crippen LogP contribution in [0.5, 0.6) is 0 Å². The van der Waals surface area contributed by atoms with Crippen LogP contribution in [0.4, 0.5) is 5.69 Å². The Hall–Kier alpha value is -2.96. The van der Waals surface area contributed by atoms with Crippen LogP contribution in [0.15, 0.2) is 77.4 Å². The standard InChI is InChI=1S/C28H27BrN4S/c1-17-8-10-21(11-9-17)32-19(3)16-23(20(32)4)27-26(25-7-5-6-14-30-25)31-28(34)33(27)22-12-13-24(29)18(2)15-22/h5-16,26-27H,1-4H3,(H,31,34)/t26-,27+/m1/s1. The van der Waals surface area contributed by atoms with Crippen molar-refractivity contribution in [1.29, 1.82) is 0 Å². The predicted molar refractivity (Wildman–Crippen MR) is 147 cm³/mol. The summed E-state index contributed by atoms with van der Waals surface area (Å²) in [5.74, 6) is 0. The Morgan fingerprint density at radius 2 is 1.65 bits per heavy atom. The van der Waals surface area contributed by atoms with Gasteiger partial charge in [-0.15, -0.1) is 0 Å². The van der Waals surface area contributed by atoms with E-state index in [9.17, 15) is 0 Å². The number of benzene rings is 2. The van der Waals surface area contributed by atoms with Crippen molar-refractivity contribution in [3.05, 3.63) is 111 Å². The average Bonchev–Trinajstić information content (AvgIpc) is 3.32. The molecule has 1 fully saturated rings. The van der Waals surface area contributed by atoms with Gasteiger partial charge in [0.25, 0.3) is 0 Å². The number of aryl methyl sites for hydroxylation is 3. The van der Waals surface area contributed by atoms with E-state index in [4.69, 9.17) is 17.2 Å². The molecule has 1 aliphatic heterocycles. The number of anilines is 1. The summed E-state index contributed by atoms with van der Waals surface area (Å²) in [5.41, 5.74) is 9.28. The van der Waals surface area contributed by atoms with Crippen LogP contribution >= 0.6 is 28.1 Å². The summed E-state index contributed by atoms with van der Waals surface area (Å²) in [6, 6.07) is 23.3. The maximum Gasteiger partial charge on any atom is 0.174 e. The first-order chi connectivity index (χ1) is 16.3. The minimum absolute atomic E-state index is 0.0339. The fraction of sp³-hybridized carbons (Fsp3) is 0.214. The van der Waals surface area contributed by atoms with E-state index in [0.29, 0.717) is 5.11 Å². The highest BCUT2D eigenvalue weighted by Crippen LogP contribution is 2.44. The first-order valence-corrected chi connectivity index (χ1v) is 12.6. The van der Waals surface area contributed by atoms with E-state index in [0.717, 1.165) is 15.9 Å². The number of halogens is 1. The zero-order valence-corrected chi connectivity index (χ0v) is 22.1. The first-order valence-electron chi connectivity index (χ1n) is 11.4. The van der Waals surface area contributed by atoms with E-state index >= 15 is 0 Å². The Bertz CT molecular complexity index is 1360. The zero-order chi connectivity index (χ0) is 24.0. The van der Waals surface area contributed by atoms with E-state index in [1.807, 2.05) is 18.3 Å². The van der Waals surface area contributed by atoms with Gasteiger partial charge >= 0.3 is 0 Å². The van der Waals surface area contributed by atoms with E-state index in [1.54, 1.807) is 0 Å². The molecule has 2 atom stereocenters. The monoisotopic (exact) mass is 530 g/mol. The maximum atomic E-state index is 5.91. The summed E-state index contributed by atoms with van der Waals surface area (Å²) in [6.07, 6.45) is 1.85. The van der Waals surface area contributed by atoms with Gasteiger partial charge in [0.15, 0.2) is 5.11 Å². The van der Waals surface area contributed by atoms with E-state index < -0.39 is 0 Å². The SMILES string of the molecule is Cc1ccc(-n2c(C)cc([C@H]3[C@@H](c4ccccn4)NC(=S)N3c3ccc(Br)c(C)c3)c2C)cc1. The Labute approximate surface area is 214 Å². The summed E-state index contributed by atoms with van der Waals surface area (Å²) in [4.78, 5) is 6.94. The van der Waals surface area contributed by atoms with Crippen molar-refractivity contribution in [2.45, 2.75) is 39.8 Å². The van der Waals surface area contributed by atoms with Crippen molar-refractivity contribution in [3.8, 4) is 5.69 Å². The summed E-state index contributed by atoms with van der Waals surface area (Å²) >= 11 is 9.55. The van der Waals surface area contributed by atoms with Crippen LogP contribution in [0.1, 0.15) is 45.9 Å². The van der Waals surface area contributed by atoms with Crippen LogP contribution < -0.4 is 10.2 Å². The second-order valence-corrected chi connectivity index (χ2v) is 10.2. The normalized spacial score (nSPS) is 17.8. The summed E-state index contributed by atoms with van der Waals surface area (Å²) in [6.45, 7) is 8.59. The molecule has 3 heterocycles. The predicted octanol–water partition coefficient (Wildman–Crippen LogP) is 7.05. The molecule has 34 heavy (non-hydrogen) atoms. The molecule has 1 aliphatic rings. The molecule has 0 saturated carbocycles. The molecule has 4 nitrogen and oxygen atoms in total. The van der Waals surface area contributed by atoms with E-state index in [-0.39, 0.29) is 12.1 Å². The molecule has 2 aromatic heterocycles. The molecule has 4 aromatic rings. The van der Waals surface area contributed by atoms with Crippen LogP contribution in [-0.4, -0.2) is 14.7 Å². The highest BCUT2D eigenvalue weighted by molar-refractivity contribution is 9.10. The van der Waals surface area contributed by atoms with Gasteiger partial charge in [-0.3, -0.25) is 4.98 Å². The van der Waals surface area contributed by atoms with Gasteiger partial charge in [-0.25, -0.2) is 0 Å². The molecule has 172 valence electrons. The third-order valence-corrected chi connectivity index (χ3v) is 7.80. The Balaban J connectivity index is 1.68. The summed E-state index contributed by atoms with van der Waals surface area (Å²) < 4.78 is 3.42.